The highest BCUT2D eigenvalue weighted by Gasteiger charge is 2.19. The van der Waals surface area contributed by atoms with Gasteiger partial charge < -0.3 is 5.32 Å². The molecule has 0 saturated heterocycles. The molecule has 0 radical (unpaired) electrons. The number of hydrogen-bond donors (Lipinski definition) is 1. The summed E-state index contributed by atoms with van der Waals surface area (Å²) >= 11 is 0. The fourth-order valence-corrected chi connectivity index (χ4v) is 3.23. The van der Waals surface area contributed by atoms with E-state index in [-0.39, 0.29) is 0 Å². The molecule has 2 aliphatic rings. The largest absolute Gasteiger partial charge is 0.317 e. The molecule has 0 heterocycles. The van der Waals surface area contributed by atoms with E-state index in [4.69, 9.17) is 0 Å². The summed E-state index contributed by atoms with van der Waals surface area (Å²) in [5.41, 5.74) is 7.71. The van der Waals surface area contributed by atoms with Crippen LogP contribution in [0.15, 0.2) is 46.6 Å². The van der Waals surface area contributed by atoms with Gasteiger partial charge in [-0.1, -0.05) is 42.4 Å². The van der Waals surface area contributed by atoms with Crippen molar-refractivity contribution in [2.75, 3.05) is 13.1 Å². The number of hydrogen-bond acceptors (Lipinski definition) is 1. The van der Waals surface area contributed by atoms with Crippen LogP contribution < -0.4 is 5.32 Å². The van der Waals surface area contributed by atoms with Crippen LogP contribution >= 0.6 is 0 Å². The first-order valence-corrected chi connectivity index (χ1v) is 8.17. The lowest BCUT2D eigenvalue weighted by Crippen LogP contribution is -2.15. The van der Waals surface area contributed by atoms with Crippen molar-refractivity contribution in [2.45, 2.75) is 58.8 Å². The molecule has 0 aliphatic heterocycles. The molecular weight excluding hydrogens is 242 g/mol. The minimum atomic E-state index is 1.10. The molecule has 0 aromatic heterocycles. The molecular formula is C19H29N. The van der Waals surface area contributed by atoms with Gasteiger partial charge in [0.1, 0.15) is 0 Å². The van der Waals surface area contributed by atoms with E-state index in [2.05, 4.69) is 37.9 Å². The van der Waals surface area contributed by atoms with Crippen LogP contribution in [-0.2, 0) is 0 Å². The Hall–Kier alpha value is -1.08. The molecule has 0 fully saturated rings. The first kappa shape index (κ1) is 15.3. The molecule has 0 saturated carbocycles. The maximum Gasteiger partial charge on any atom is -0.00458 e. The fourth-order valence-electron chi connectivity index (χ4n) is 3.23. The molecule has 0 atom stereocenters. The van der Waals surface area contributed by atoms with Crippen LogP contribution in [0.5, 0.6) is 0 Å². The van der Waals surface area contributed by atoms with Gasteiger partial charge in [0, 0.05) is 0 Å². The third-order valence-electron chi connectivity index (χ3n) is 4.48. The van der Waals surface area contributed by atoms with Crippen LogP contribution in [0, 0.1) is 0 Å². The van der Waals surface area contributed by atoms with E-state index in [0.29, 0.717) is 0 Å². The Balaban J connectivity index is 1.94. The molecule has 0 unspecified atom stereocenters. The average molecular weight is 271 g/mol. The Morgan fingerprint density at radius 1 is 1.25 bits per heavy atom. The van der Waals surface area contributed by atoms with Crippen LogP contribution in [0.2, 0.25) is 0 Å². The van der Waals surface area contributed by atoms with Gasteiger partial charge in [-0.15, -0.1) is 0 Å². The third kappa shape index (κ3) is 3.96. The van der Waals surface area contributed by atoms with E-state index in [1.54, 1.807) is 22.3 Å². The van der Waals surface area contributed by atoms with Crippen molar-refractivity contribution in [1.82, 2.24) is 5.32 Å². The molecule has 0 spiro atoms. The summed E-state index contributed by atoms with van der Waals surface area (Å²) < 4.78 is 0. The Labute approximate surface area is 124 Å². The van der Waals surface area contributed by atoms with Crippen molar-refractivity contribution in [1.29, 1.82) is 0 Å². The monoisotopic (exact) mass is 271 g/mol. The number of nitrogens with one attached hydrogen (secondary N) is 1. The molecule has 0 amide bonds. The van der Waals surface area contributed by atoms with E-state index < -0.39 is 0 Å². The van der Waals surface area contributed by atoms with E-state index in [1.807, 2.05) is 0 Å². The highest BCUT2D eigenvalue weighted by atomic mass is 14.8. The molecule has 0 aromatic carbocycles. The van der Waals surface area contributed by atoms with Crippen molar-refractivity contribution >= 4 is 0 Å². The van der Waals surface area contributed by atoms with E-state index in [0.717, 1.165) is 19.5 Å². The average Bonchev–Trinajstić information content (AvgIpc) is 2.75. The van der Waals surface area contributed by atoms with Gasteiger partial charge in [-0.3, -0.25) is 0 Å². The second-order valence-corrected chi connectivity index (χ2v) is 6.13. The van der Waals surface area contributed by atoms with Crippen LogP contribution in [0.3, 0.4) is 0 Å². The Morgan fingerprint density at radius 3 is 2.90 bits per heavy atom. The van der Waals surface area contributed by atoms with E-state index in [9.17, 15) is 0 Å². The van der Waals surface area contributed by atoms with Gasteiger partial charge in [0.15, 0.2) is 0 Å². The van der Waals surface area contributed by atoms with E-state index >= 15 is 0 Å². The van der Waals surface area contributed by atoms with Crippen molar-refractivity contribution in [3.63, 3.8) is 0 Å². The normalized spacial score (nSPS) is 24.6. The zero-order valence-electron chi connectivity index (χ0n) is 13.2. The maximum atomic E-state index is 4.22. The standard InChI is InChI=1S/C19H29N/c1-4-12-20-13-6-8-17-7-5-9-19-15(2)10-11-18(19)14-16(17)3/h5,7,20H,2,4,6,8-14H2,1,3H3/b7-5-,17-16+. The minimum Gasteiger partial charge on any atom is -0.317 e. The topological polar surface area (TPSA) is 12.0 Å². The van der Waals surface area contributed by atoms with Crippen LogP contribution in [0.4, 0.5) is 0 Å². The lowest BCUT2D eigenvalue weighted by Gasteiger charge is -2.14. The first-order chi connectivity index (χ1) is 9.72. The summed E-state index contributed by atoms with van der Waals surface area (Å²) in [6.07, 6.45) is 13.1. The number of rotatable bonds is 6. The lowest BCUT2D eigenvalue weighted by molar-refractivity contribution is 0.639. The summed E-state index contributed by atoms with van der Waals surface area (Å²) in [5.74, 6) is 0. The zero-order chi connectivity index (χ0) is 14.4. The van der Waals surface area contributed by atoms with Gasteiger partial charge in [0.2, 0.25) is 0 Å². The van der Waals surface area contributed by atoms with Crippen molar-refractivity contribution in [3.05, 3.63) is 46.6 Å². The Bertz CT molecular complexity index is 448. The van der Waals surface area contributed by atoms with E-state index in [1.165, 1.54) is 44.1 Å². The SMILES string of the molecule is C=C1CCC2=C1C/C=C\C(CCCNCCC)=C(\C)C2. The van der Waals surface area contributed by atoms with Gasteiger partial charge >= 0.3 is 0 Å². The molecule has 0 bridgehead atoms. The van der Waals surface area contributed by atoms with Gasteiger partial charge in [0.25, 0.3) is 0 Å². The second-order valence-electron chi connectivity index (χ2n) is 6.13. The predicted molar refractivity (Wildman–Crippen MR) is 88.9 cm³/mol. The molecule has 20 heavy (non-hydrogen) atoms. The summed E-state index contributed by atoms with van der Waals surface area (Å²) in [6.45, 7) is 11.0. The Morgan fingerprint density at radius 2 is 2.10 bits per heavy atom. The Kier molecular flexibility index (Phi) is 5.85. The van der Waals surface area contributed by atoms with Crippen LogP contribution in [0.1, 0.15) is 58.8 Å². The number of allylic oxidation sites excluding steroid dienone is 7. The van der Waals surface area contributed by atoms with Crippen molar-refractivity contribution < 1.29 is 0 Å². The van der Waals surface area contributed by atoms with Crippen LogP contribution in [-0.4, -0.2) is 13.1 Å². The van der Waals surface area contributed by atoms with Gasteiger partial charge in [-0.2, -0.15) is 0 Å². The van der Waals surface area contributed by atoms with Crippen molar-refractivity contribution in [2.24, 2.45) is 0 Å². The third-order valence-corrected chi connectivity index (χ3v) is 4.48. The van der Waals surface area contributed by atoms with Crippen molar-refractivity contribution in [3.8, 4) is 0 Å². The summed E-state index contributed by atoms with van der Waals surface area (Å²) in [7, 11) is 0. The first-order valence-electron chi connectivity index (χ1n) is 8.17. The van der Waals surface area contributed by atoms with Gasteiger partial charge in [-0.25, -0.2) is 0 Å². The lowest BCUT2D eigenvalue weighted by atomic mass is 9.92. The quantitative estimate of drug-likeness (QED) is 0.664. The smallest absolute Gasteiger partial charge is 0.00458 e. The highest BCUT2D eigenvalue weighted by molar-refractivity contribution is 5.45. The molecule has 1 heteroatoms. The summed E-state index contributed by atoms with van der Waals surface area (Å²) in [5, 5.41) is 3.49. The molecule has 0 aromatic rings. The minimum absolute atomic E-state index is 1.10. The second kappa shape index (κ2) is 7.64. The molecule has 1 N–H and O–H groups in total. The fraction of sp³-hybridized carbons (Fsp3) is 0.579. The van der Waals surface area contributed by atoms with Gasteiger partial charge in [0.05, 0.1) is 0 Å². The summed E-state index contributed by atoms with van der Waals surface area (Å²) in [6, 6.07) is 0. The molecule has 110 valence electrons. The molecule has 1 nitrogen and oxygen atoms in total. The molecule has 2 aliphatic carbocycles. The zero-order valence-corrected chi connectivity index (χ0v) is 13.2. The highest BCUT2D eigenvalue weighted by Crippen LogP contribution is 2.38. The predicted octanol–water partition coefficient (Wildman–Crippen LogP) is 5.08. The van der Waals surface area contributed by atoms with Gasteiger partial charge in [-0.05, 0) is 76.1 Å². The maximum absolute atomic E-state index is 4.22. The summed E-state index contributed by atoms with van der Waals surface area (Å²) in [4.78, 5) is 0. The molecule has 2 rings (SSSR count). The van der Waals surface area contributed by atoms with Crippen LogP contribution in [0.25, 0.3) is 0 Å².